The molecule has 1 heterocycles. The van der Waals surface area contributed by atoms with Crippen LogP contribution in [0.1, 0.15) is 38.0 Å². The molecule has 3 fully saturated rings. The van der Waals surface area contributed by atoms with E-state index in [0.29, 0.717) is 6.04 Å². The Balaban J connectivity index is 1.58. The number of fused-ring (bicyclic) bond motifs is 5. The standard InChI is InChI=1S/C15H20BrNO/c1-2-17-15(10-5-6-11(16)18-10)14-12-8-3-4-9(7-8)13(12)14/h5-6,8-9,12-15,17H,2-4,7H2,1H3. The number of rotatable bonds is 4. The molecule has 4 rings (SSSR count). The van der Waals surface area contributed by atoms with Gasteiger partial charge in [0.1, 0.15) is 5.76 Å². The highest BCUT2D eigenvalue weighted by atomic mass is 79.9. The van der Waals surface area contributed by atoms with E-state index < -0.39 is 0 Å². The van der Waals surface area contributed by atoms with Gasteiger partial charge >= 0.3 is 0 Å². The fourth-order valence-corrected chi connectivity index (χ4v) is 5.30. The minimum Gasteiger partial charge on any atom is -0.453 e. The lowest BCUT2D eigenvalue weighted by atomic mass is 9.96. The fraction of sp³-hybridized carbons (Fsp3) is 0.733. The van der Waals surface area contributed by atoms with Crippen LogP contribution < -0.4 is 5.32 Å². The van der Waals surface area contributed by atoms with Crippen molar-refractivity contribution in [1.82, 2.24) is 5.32 Å². The Bertz CT molecular complexity index is 441. The molecule has 0 saturated heterocycles. The summed E-state index contributed by atoms with van der Waals surface area (Å²) in [7, 11) is 0. The Kier molecular flexibility index (Phi) is 2.63. The third-order valence-electron chi connectivity index (χ3n) is 5.50. The maximum atomic E-state index is 5.81. The van der Waals surface area contributed by atoms with Crippen LogP contribution in [0.2, 0.25) is 0 Å². The topological polar surface area (TPSA) is 25.2 Å². The van der Waals surface area contributed by atoms with Crippen molar-refractivity contribution in [1.29, 1.82) is 0 Å². The van der Waals surface area contributed by atoms with Gasteiger partial charge in [0.05, 0.1) is 6.04 Å². The van der Waals surface area contributed by atoms with Gasteiger partial charge in [0, 0.05) is 0 Å². The molecule has 3 aliphatic rings. The Morgan fingerprint density at radius 1 is 1.33 bits per heavy atom. The molecule has 1 N–H and O–H groups in total. The zero-order valence-electron chi connectivity index (χ0n) is 10.7. The molecule has 0 radical (unpaired) electrons. The van der Waals surface area contributed by atoms with Crippen LogP contribution in [0.15, 0.2) is 21.2 Å². The number of nitrogens with one attached hydrogen (secondary N) is 1. The maximum absolute atomic E-state index is 5.81. The van der Waals surface area contributed by atoms with E-state index in [2.05, 4.69) is 34.2 Å². The predicted octanol–water partition coefficient (Wildman–Crippen LogP) is 3.98. The normalized spacial score (nSPS) is 42.0. The summed E-state index contributed by atoms with van der Waals surface area (Å²) in [5.74, 6) is 6.03. The summed E-state index contributed by atoms with van der Waals surface area (Å²) >= 11 is 3.42. The average molecular weight is 310 g/mol. The second-order valence-corrected chi connectivity index (χ2v) is 7.02. The molecule has 5 unspecified atom stereocenters. The van der Waals surface area contributed by atoms with Crippen LogP contribution in [0.4, 0.5) is 0 Å². The van der Waals surface area contributed by atoms with Crippen molar-refractivity contribution in [3.05, 3.63) is 22.6 Å². The number of hydrogen-bond acceptors (Lipinski definition) is 2. The van der Waals surface area contributed by atoms with Crippen LogP contribution >= 0.6 is 15.9 Å². The molecule has 0 amide bonds. The van der Waals surface area contributed by atoms with Gasteiger partial charge in [0.2, 0.25) is 0 Å². The van der Waals surface area contributed by atoms with Gasteiger partial charge in [-0.2, -0.15) is 0 Å². The summed E-state index contributed by atoms with van der Waals surface area (Å²) < 4.78 is 6.67. The van der Waals surface area contributed by atoms with Gasteiger partial charge in [-0.15, -0.1) is 0 Å². The monoisotopic (exact) mass is 309 g/mol. The van der Waals surface area contributed by atoms with Gasteiger partial charge in [-0.05, 0) is 83.5 Å². The predicted molar refractivity (Wildman–Crippen MR) is 74.1 cm³/mol. The Labute approximate surface area is 117 Å². The molecular weight excluding hydrogens is 290 g/mol. The molecule has 5 atom stereocenters. The summed E-state index contributed by atoms with van der Waals surface area (Å²) in [4.78, 5) is 0. The van der Waals surface area contributed by atoms with Gasteiger partial charge in [-0.3, -0.25) is 0 Å². The fourth-order valence-electron chi connectivity index (χ4n) is 4.98. The van der Waals surface area contributed by atoms with Crippen molar-refractivity contribution < 1.29 is 4.42 Å². The summed E-state index contributed by atoms with van der Waals surface area (Å²) in [5, 5.41) is 3.66. The average Bonchev–Trinajstić information content (AvgIpc) is 2.73. The highest BCUT2D eigenvalue weighted by Gasteiger charge is 2.67. The SMILES string of the molecule is CCNC(c1ccc(Br)o1)C1C2C3CCC(C3)C21. The largest absolute Gasteiger partial charge is 0.453 e. The summed E-state index contributed by atoms with van der Waals surface area (Å²) in [6.07, 6.45) is 4.50. The molecule has 98 valence electrons. The van der Waals surface area contributed by atoms with Crippen LogP contribution in [-0.2, 0) is 0 Å². The molecule has 2 bridgehead atoms. The first-order chi connectivity index (χ1) is 8.79. The molecule has 18 heavy (non-hydrogen) atoms. The molecule has 0 aliphatic heterocycles. The van der Waals surface area contributed by atoms with Gasteiger partial charge in [-0.1, -0.05) is 6.92 Å². The third kappa shape index (κ3) is 1.56. The second-order valence-electron chi connectivity index (χ2n) is 6.24. The van der Waals surface area contributed by atoms with Crippen molar-refractivity contribution in [2.75, 3.05) is 6.54 Å². The van der Waals surface area contributed by atoms with Gasteiger partial charge in [0.25, 0.3) is 0 Å². The molecule has 3 saturated carbocycles. The van der Waals surface area contributed by atoms with E-state index in [1.807, 2.05) is 6.07 Å². The van der Waals surface area contributed by atoms with E-state index in [1.54, 1.807) is 0 Å². The Hall–Kier alpha value is -0.280. The highest BCUT2D eigenvalue weighted by molar-refractivity contribution is 9.10. The molecular formula is C15H20BrNO. The van der Waals surface area contributed by atoms with E-state index in [-0.39, 0.29) is 0 Å². The smallest absolute Gasteiger partial charge is 0.169 e. The van der Waals surface area contributed by atoms with E-state index in [1.165, 1.54) is 19.3 Å². The third-order valence-corrected chi connectivity index (χ3v) is 5.93. The summed E-state index contributed by atoms with van der Waals surface area (Å²) in [5.41, 5.74) is 0. The first-order valence-corrected chi connectivity index (χ1v) is 8.07. The first kappa shape index (κ1) is 11.5. The first-order valence-electron chi connectivity index (χ1n) is 7.28. The van der Waals surface area contributed by atoms with Crippen LogP contribution in [0.5, 0.6) is 0 Å². The minimum atomic E-state index is 0.444. The van der Waals surface area contributed by atoms with Crippen LogP contribution in [0, 0.1) is 29.6 Å². The summed E-state index contributed by atoms with van der Waals surface area (Å²) in [6.45, 7) is 3.21. The zero-order valence-corrected chi connectivity index (χ0v) is 12.3. The minimum absolute atomic E-state index is 0.444. The second kappa shape index (κ2) is 4.11. The van der Waals surface area contributed by atoms with Crippen molar-refractivity contribution in [2.24, 2.45) is 29.6 Å². The highest BCUT2D eigenvalue weighted by Crippen LogP contribution is 2.72. The lowest BCUT2D eigenvalue weighted by Gasteiger charge is -2.19. The number of halogens is 1. The van der Waals surface area contributed by atoms with Crippen LogP contribution in [0.3, 0.4) is 0 Å². The molecule has 1 aromatic rings. The molecule has 0 spiro atoms. The molecule has 3 heteroatoms. The lowest BCUT2D eigenvalue weighted by Crippen LogP contribution is -2.25. The van der Waals surface area contributed by atoms with Gasteiger partial charge < -0.3 is 9.73 Å². The van der Waals surface area contributed by atoms with Crippen molar-refractivity contribution in [2.45, 2.75) is 32.2 Å². The van der Waals surface area contributed by atoms with Crippen LogP contribution in [0.25, 0.3) is 0 Å². The van der Waals surface area contributed by atoms with Gasteiger partial charge in [0.15, 0.2) is 4.67 Å². The lowest BCUT2D eigenvalue weighted by molar-refractivity contribution is 0.324. The van der Waals surface area contributed by atoms with Crippen LogP contribution in [-0.4, -0.2) is 6.54 Å². The zero-order chi connectivity index (χ0) is 12.3. The molecule has 3 aliphatic carbocycles. The Morgan fingerprint density at radius 2 is 2.06 bits per heavy atom. The number of hydrogen-bond donors (Lipinski definition) is 1. The molecule has 0 aromatic carbocycles. The van der Waals surface area contributed by atoms with E-state index in [0.717, 1.165) is 46.6 Å². The van der Waals surface area contributed by atoms with Gasteiger partial charge in [-0.25, -0.2) is 0 Å². The van der Waals surface area contributed by atoms with Crippen molar-refractivity contribution in [3.8, 4) is 0 Å². The summed E-state index contributed by atoms with van der Waals surface area (Å²) in [6, 6.07) is 4.60. The molecule has 1 aromatic heterocycles. The van der Waals surface area contributed by atoms with E-state index >= 15 is 0 Å². The molecule has 2 nitrogen and oxygen atoms in total. The van der Waals surface area contributed by atoms with E-state index in [4.69, 9.17) is 4.42 Å². The van der Waals surface area contributed by atoms with E-state index in [9.17, 15) is 0 Å². The van der Waals surface area contributed by atoms with Crippen molar-refractivity contribution in [3.63, 3.8) is 0 Å². The van der Waals surface area contributed by atoms with Crippen molar-refractivity contribution >= 4 is 15.9 Å². The quantitative estimate of drug-likeness (QED) is 0.910. The Morgan fingerprint density at radius 3 is 2.61 bits per heavy atom. The number of furan rings is 1. The maximum Gasteiger partial charge on any atom is 0.169 e.